The highest BCUT2D eigenvalue weighted by Gasteiger charge is 2.21. The molecule has 0 bridgehead atoms. The number of anilines is 1. The van der Waals surface area contributed by atoms with Crippen molar-refractivity contribution in [3.63, 3.8) is 0 Å². The molecule has 0 saturated heterocycles. The smallest absolute Gasteiger partial charge is 0.0423 e. The lowest BCUT2D eigenvalue weighted by Gasteiger charge is -2.29. The van der Waals surface area contributed by atoms with Gasteiger partial charge in [-0.3, -0.25) is 0 Å². The summed E-state index contributed by atoms with van der Waals surface area (Å²) >= 11 is 3.59. The molecule has 1 saturated carbocycles. The molecule has 0 heterocycles. The van der Waals surface area contributed by atoms with Gasteiger partial charge in [-0.15, -0.1) is 0 Å². The van der Waals surface area contributed by atoms with Gasteiger partial charge in [0, 0.05) is 29.8 Å². The van der Waals surface area contributed by atoms with Gasteiger partial charge >= 0.3 is 0 Å². The van der Waals surface area contributed by atoms with Crippen molar-refractivity contribution < 1.29 is 0 Å². The van der Waals surface area contributed by atoms with Crippen LogP contribution in [0.15, 0.2) is 22.7 Å². The normalized spacial score (nSPS) is 16.2. The molecule has 0 amide bonds. The quantitative estimate of drug-likeness (QED) is 0.886. The van der Waals surface area contributed by atoms with Crippen LogP contribution in [0.25, 0.3) is 0 Å². The van der Waals surface area contributed by atoms with E-state index in [1.807, 2.05) is 0 Å². The van der Waals surface area contributed by atoms with Gasteiger partial charge in [-0.05, 0) is 37.1 Å². The monoisotopic (exact) mass is 310 g/mol. The van der Waals surface area contributed by atoms with Gasteiger partial charge in [0.05, 0.1) is 0 Å². The number of nitrogens with one attached hydrogen (secondary N) is 1. The van der Waals surface area contributed by atoms with Crippen molar-refractivity contribution in [3.8, 4) is 0 Å². The van der Waals surface area contributed by atoms with Gasteiger partial charge in [0.25, 0.3) is 0 Å². The molecule has 0 atom stereocenters. The lowest BCUT2D eigenvalue weighted by atomic mass is 10.1. The average molecular weight is 311 g/mol. The Kier molecular flexibility index (Phi) is 5.07. The first kappa shape index (κ1) is 13.9. The summed E-state index contributed by atoms with van der Waals surface area (Å²) in [6, 6.07) is 7.34. The molecule has 2 rings (SSSR count). The summed E-state index contributed by atoms with van der Waals surface area (Å²) in [4.78, 5) is 2.48. The van der Waals surface area contributed by atoms with Gasteiger partial charge in [0.2, 0.25) is 0 Å². The molecule has 0 unspecified atom stereocenters. The van der Waals surface area contributed by atoms with Gasteiger partial charge in [-0.2, -0.15) is 0 Å². The second-order valence-corrected chi connectivity index (χ2v) is 6.02. The summed E-state index contributed by atoms with van der Waals surface area (Å²) in [6.45, 7) is 4.12. The molecule has 1 fully saturated rings. The minimum absolute atomic E-state index is 0.722. The van der Waals surface area contributed by atoms with Gasteiger partial charge in [-0.1, -0.05) is 41.8 Å². The van der Waals surface area contributed by atoms with Crippen LogP contribution in [-0.4, -0.2) is 19.6 Å². The number of hydrogen-bond acceptors (Lipinski definition) is 2. The Bertz CT molecular complexity index is 386. The third-order valence-corrected chi connectivity index (χ3v) is 4.36. The zero-order valence-electron chi connectivity index (χ0n) is 11.4. The summed E-state index contributed by atoms with van der Waals surface area (Å²) in [5.74, 6) is 0. The maximum atomic E-state index is 3.59. The molecule has 0 aromatic heterocycles. The van der Waals surface area contributed by atoms with Crippen molar-refractivity contribution >= 4 is 21.6 Å². The fraction of sp³-hybridized carbons (Fsp3) is 0.600. The topological polar surface area (TPSA) is 15.3 Å². The molecular formula is C15H23BrN2. The van der Waals surface area contributed by atoms with Gasteiger partial charge in [-0.25, -0.2) is 0 Å². The summed E-state index contributed by atoms with van der Waals surface area (Å²) in [6.07, 6.45) is 5.43. The van der Waals surface area contributed by atoms with Crippen LogP contribution in [0.1, 0.15) is 38.2 Å². The highest BCUT2D eigenvalue weighted by molar-refractivity contribution is 9.10. The van der Waals surface area contributed by atoms with Crippen LogP contribution in [0, 0.1) is 0 Å². The lowest BCUT2D eigenvalue weighted by molar-refractivity contribution is 0.645. The van der Waals surface area contributed by atoms with E-state index >= 15 is 0 Å². The predicted octanol–water partition coefficient (Wildman–Crippen LogP) is 3.94. The van der Waals surface area contributed by atoms with Crippen molar-refractivity contribution in [2.75, 3.05) is 18.5 Å². The van der Waals surface area contributed by atoms with E-state index in [2.05, 4.69) is 58.3 Å². The molecule has 100 valence electrons. The van der Waals surface area contributed by atoms with Crippen LogP contribution in [0.2, 0.25) is 0 Å². The fourth-order valence-electron chi connectivity index (χ4n) is 2.76. The molecule has 1 aliphatic rings. The van der Waals surface area contributed by atoms with Crippen molar-refractivity contribution in [3.05, 3.63) is 28.2 Å². The molecule has 3 heteroatoms. The number of benzene rings is 1. The second-order valence-electron chi connectivity index (χ2n) is 5.10. The minimum atomic E-state index is 0.722. The summed E-state index contributed by atoms with van der Waals surface area (Å²) in [5.41, 5.74) is 2.77. The minimum Gasteiger partial charge on any atom is -0.371 e. The Labute approximate surface area is 119 Å². The van der Waals surface area contributed by atoms with Crippen LogP contribution >= 0.6 is 15.9 Å². The average Bonchev–Trinajstić information content (AvgIpc) is 2.90. The fourth-order valence-corrected chi connectivity index (χ4v) is 3.11. The summed E-state index contributed by atoms with van der Waals surface area (Å²) in [7, 11) is 2.24. The first-order chi connectivity index (χ1) is 8.72. The number of hydrogen-bond donors (Lipinski definition) is 1. The van der Waals surface area contributed by atoms with Crippen LogP contribution < -0.4 is 10.2 Å². The summed E-state index contributed by atoms with van der Waals surface area (Å²) in [5, 5.41) is 3.43. The Balaban J connectivity index is 2.19. The van der Waals surface area contributed by atoms with Crippen molar-refractivity contribution in [2.24, 2.45) is 0 Å². The number of rotatable bonds is 5. The van der Waals surface area contributed by atoms with E-state index in [1.165, 1.54) is 41.4 Å². The van der Waals surface area contributed by atoms with Crippen LogP contribution in [0.4, 0.5) is 5.69 Å². The maximum absolute atomic E-state index is 3.59. The van der Waals surface area contributed by atoms with E-state index in [-0.39, 0.29) is 0 Å². The van der Waals surface area contributed by atoms with Crippen molar-refractivity contribution in [1.82, 2.24) is 5.32 Å². The third-order valence-electron chi connectivity index (χ3n) is 3.87. The van der Waals surface area contributed by atoms with Crippen LogP contribution in [0.5, 0.6) is 0 Å². The van der Waals surface area contributed by atoms with E-state index in [0.29, 0.717) is 0 Å². The first-order valence-corrected chi connectivity index (χ1v) is 7.73. The van der Waals surface area contributed by atoms with E-state index in [0.717, 1.165) is 19.1 Å². The number of halogens is 1. The highest BCUT2D eigenvalue weighted by atomic mass is 79.9. The lowest BCUT2D eigenvalue weighted by Crippen LogP contribution is -2.30. The Morgan fingerprint density at radius 1 is 1.33 bits per heavy atom. The first-order valence-electron chi connectivity index (χ1n) is 6.94. The Hall–Kier alpha value is -0.540. The largest absolute Gasteiger partial charge is 0.371 e. The SMILES string of the molecule is CCNCc1ccc(Br)cc1N(C)C1CCCC1. The van der Waals surface area contributed by atoms with Crippen molar-refractivity contribution in [2.45, 2.75) is 45.2 Å². The van der Waals surface area contributed by atoms with Gasteiger partial charge in [0.15, 0.2) is 0 Å². The molecule has 18 heavy (non-hydrogen) atoms. The van der Waals surface area contributed by atoms with Crippen LogP contribution in [-0.2, 0) is 6.54 Å². The summed E-state index contributed by atoms with van der Waals surface area (Å²) < 4.78 is 1.17. The van der Waals surface area contributed by atoms with Crippen molar-refractivity contribution in [1.29, 1.82) is 0 Å². The molecular weight excluding hydrogens is 288 g/mol. The molecule has 1 aliphatic carbocycles. The number of nitrogens with zero attached hydrogens (tertiary/aromatic N) is 1. The molecule has 0 radical (unpaired) electrons. The van der Waals surface area contributed by atoms with Gasteiger partial charge < -0.3 is 10.2 Å². The van der Waals surface area contributed by atoms with E-state index in [4.69, 9.17) is 0 Å². The Morgan fingerprint density at radius 2 is 2.06 bits per heavy atom. The molecule has 2 nitrogen and oxygen atoms in total. The van der Waals surface area contributed by atoms with Crippen LogP contribution in [0.3, 0.4) is 0 Å². The molecule has 0 spiro atoms. The molecule has 1 aromatic carbocycles. The zero-order chi connectivity index (χ0) is 13.0. The molecule has 0 aliphatic heterocycles. The molecule has 1 aromatic rings. The second kappa shape index (κ2) is 6.58. The van der Waals surface area contributed by atoms with Gasteiger partial charge in [0.1, 0.15) is 0 Å². The van der Waals surface area contributed by atoms with E-state index < -0.39 is 0 Å². The maximum Gasteiger partial charge on any atom is 0.0423 e. The predicted molar refractivity (Wildman–Crippen MR) is 82.2 cm³/mol. The standard InChI is InChI=1S/C15H23BrN2/c1-3-17-11-12-8-9-13(16)10-15(12)18(2)14-6-4-5-7-14/h8-10,14,17H,3-7,11H2,1-2H3. The third kappa shape index (κ3) is 3.27. The molecule has 1 N–H and O–H groups in total. The highest BCUT2D eigenvalue weighted by Crippen LogP contribution is 2.31. The van der Waals surface area contributed by atoms with E-state index in [9.17, 15) is 0 Å². The Morgan fingerprint density at radius 3 is 2.72 bits per heavy atom. The zero-order valence-corrected chi connectivity index (χ0v) is 13.0. The van der Waals surface area contributed by atoms with E-state index in [1.54, 1.807) is 0 Å².